The van der Waals surface area contributed by atoms with E-state index in [-0.39, 0.29) is 41.1 Å². The van der Waals surface area contributed by atoms with Crippen LogP contribution in [0.25, 0.3) is 0 Å². The maximum Gasteiger partial charge on any atom is 0.233 e. The number of sulfone groups is 1. The first-order valence-electron chi connectivity index (χ1n) is 10.3. The highest BCUT2D eigenvalue weighted by Gasteiger charge is 2.38. The Morgan fingerprint density at radius 2 is 1.71 bits per heavy atom. The standard InChI is InChI=1S/C22H23F3N2O3S/c23-15-3-8-21(26-12-15)27-22(28)18(9-13-10-19(24)20(25)11-13)14-1-4-16(5-2-14)31(29,30)17-6-7-17/h1-5,8,12-13,17-20H,6-7,9-11H2,(H,26,27,28). The van der Waals surface area contributed by atoms with Gasteiger partial charge in [-0.3, -0.25) is 4.79 Å². The number of benzene rings is 1. The van der Waals surface area contributed by atoms with Crippen molar-refractivity contribution in [3.8, 4) is 0 Å². The molecule has 1 aromatic heterocycles. The average Bonchev–Trinajstić information content (AvgIpc) is 3.55. The van der Waals surface area contributed by atoms with Gasteiger partial charge in [-0.2, -0.15) is 0 Å². The molecule has 1 amide bonds. The zero-order valence-electron chi connectivity index (χ0n) is 16.7. The minimum atomic E-state index is -3.36. The van der Waals surface area contributed by atoms with Crippen molar-refractivity contribution in [2.24, 2.45) is 5.92 Å². The number of nitrogens with zero attached hydrogens (tertiary/aromatic N) is 1. The summed E-state index contributed by atoms with van der Waals surface area (Å²) in [5.41, 5.74) is 0.548. The zero-order valence-corrected chi connectivity index (χ0v) is 17.5. The number of rotatable bonds is 7. The molecule has 2 saturated carbocycles. The molecule has 0 bridgehead atoms. The quantitative estimate of drug-likeness (QED) is 0.678. The summed E-state index contributed by atoms with van der Waals surface area (Å²) >= 11 is 0. The van der Waals surface area contributed by atoms with E-state index in [0.717, 1.165) is 12.3 Å². The summed E-state index contributed by atoms with van der Waals surface area (Å²) < 4.78 is 65.3. The van der Waals surface area contributed by atoms with Gasteiger partial charge in [-0.25, -0.2) is 26.6 Å². The van der Waals surface area contributed by atoms with Crippen LogP contribution in [-0.4, -0.2) is 36.9 Å². The van der Waals surface area contributed by atoms with Gasteiger partial charge in [0, 0.05) is 0 Å². The lowest BCUT2D eigenvalue weighted by molar-refractivity contribution is -0.118. The van der Waals surface area contributed by atoms with Gasteiger partial charge in [0.25, 0.3) is 0 Å². The van der Waals surface area contributed by atoms with Gasteiger partial charge in [-0.05, 0) is 67.9 Å². The van der Waals surface area contributed by atoms with E-state index in [1.807, 2.05) is 0 Å². The summed E-state index contributed by atoms with van der Waals surface area (Å²) in [6.45, 7) is 0. The normalized spacial score (nSPS) is 24.7. The third kappa shape index (κ3) is 4.92. The third-order valence-corrected chi connectivity index (χ3v) is 8.23. The first kappa shape index (κ1) is 21.8. The Morgan fingerprint density at radius 3 is 2.26 bits per heavy atom. The number of anilines is 1. The summed E-state index contributed by atoms with van der Waals surface area (Å²) in [6.07, 6.45) is -0.533. The Labute approximate surface area is 179 Å². The number of halogens is 3. The highest BCUT2D eigenvalue weighted by Crippen LogP contribution is 2.39. The second kappa shape index (κ2) is 8.61. The third-order valence-electron chi connectivity index (χ3n) is 5.95. The van der Waals surface area contributed by atoms with Crippen LogP contribution < -0.4 is 5.32 Å². The van der Waals surface area contributed by atoms with Crippen LogP contribution in [0.1, 0.15) is 43.6 Å². The monoisotopic (exact) mass is 452 g/mol. The summed E-state index contributed by atoms with van der Waals surface area (Å²) in [7, 11) is -3.36. The van der Waals surface area contributed by atoms with E-state index in [1.165, 1.54) is 18.2 Å². The SMILES string of the molecule is O=C(Nc1ccc(F)cn1)C(CC1CC(F)C(F)C1)c1ccc(S(=O)(=O)C2CC2)cc1. The predicted molar refractivity (Wildman–Crippen MR) is 109 cm³/mol. The topological polar surface area (TPSA) is 76.1 Å². The van der Waals surface area contributed by atoms with E-state index in [1.54, 1.807) is 12.1 Å². The van der Waals surface area contributed by atoms with E-state index in [0.29, 0.717) is 18.4 Å². The molecule has 9 heteroatoms. The smallest absolute Gasteiger partial charge is 0.233 e. The van der Waals surface area contributed by atoms with E-state index >= 15 is 0 Å². The van der Waals surface area contributed by atoms with Crippen LogP contribution >= 0.6 is 0 Å². The van der Waals surface area contributed by atoms with Crippen LogP contribution in [0.2, 0.25) is 0 Å². The van der Waals surface area contributed by atoms with E-state index < -0.39 is 39.8 Å². The van der Waals surface area contributed by atoms with Gasteiger partial charge >= 0.3 is 0 Å². The lowest BCUT2D eigenvalue weighted by Crippen LogP contribution is -2.24. The molecule has 2 aliphatic rings. The molecular weight excluding hydrogens is 429 g/mol. The van der Waals surface area contributed by atoms with E-state index in [4.69, 9.17) is 0 Å². The molecule has 1 heterocycles. The fourth-order valence-electron chi connectivity index (χ4n) is 4.07. The van der Waals surface area contributed by atoms with Crippen molar-refractivity contribution in [2.75, 3.05) is 5.32 Å². The van der Waals surface area contributed by atoms with Gasteiger partial charge in [-0.15, -0.1) is 0 Å². The molecule has 3 unspecified atom stereocenters. The molecule has 0 aliphatic heterocycles. The lowest BCUT2D eigenvalue weighted by atomic mass is 9.87. The predicted octanol–water partition coefficient (Wildman–Crippen LogP) is 4.36. The number of alkyl halides is 2. The molecule has 1 aromatic carbocycles. The molecule has 0 spiro atoms. The van der Waals surface area contributed by atoms with Crippen LogP contribution in [0.4, 0.5) is 19.0 Å². The molecule has 5 nitrogen and oxygen atoms in total. The lowest BCUT2D eigenvalue weighted by Gasteiger charge is -2.21. The van der Waals surface area contributed by atoms with Gasteiger partial charge in [0.1, 0.15) is 24.0 Å². The summed E-state index contributed by atoms with van der Waals surface area (Å²) in [4.78, 5) is 17.0. The Hall–Kier alpha value is -2.42. The largest absolute Gasteiger partial charge is 0.310 e. The van der Waals surface area contributed by atoms with Crippen LogP contribution in [0.5, 0.6) is 0 Å². The first-order chi connectivity index (χ1) is 14.7. The van der Waals surface area contributed by atoms with Crippen LogP contribution in [-0.2, 0) is 14.6 Å². The number of hydrogen-bond acceptors (Lipinski definition) is 4. The highest BCUT2D eigenvalue weighted by atomic mass is 32.2. The Morgan fingerprint density at radius 1 is 1.06 bits per heavy atom. The zero-order chi connectivity index (χ0) is 22.2. The summed E-state index contributed by atoms with van der Waals surface area (Å²) in [5, 5.41) is 2.27. The molecular formula is C22H23F3N2O3S. The fourth-order valence-corrected chi connectivity index (χ4v) is 5.73. The van der Waals surface area contributed by atoms with E-state index in [9.17, 15) is 26.4 Å². The molecule has 3 atom stereocenters. The second-order valence-corrected chi connectivity index (χ2v) is 10.6. The molecule has 1 N–H and O–H groups in total. The highest BCUT2D eigenvalue weighted by molar-refractivity contribution is 7.92. The van der Waals surface area contributed by atoms with E-state index in [2.05, 4.69) is 10.3 Å². The van der Waals surface area contributed by atoms with Crippen molar-refractivity contribution in [3.05, 3.63) is 54.0 Å². The van der Waals surface area contributed by atoms with Crippen LogP contribution in [0.15, 0.2) is 47.5 Å². The number of aromatic nitrogens is 1. The molecule has 166 valence electrons. The first-order valence-corrected chi connectivity index (χ1v) is 11.8. The molecule has 4 rings (SSSR count). The number of pyridine rings is 1. The summed E-state index contributed by atoms with van der Waals surface area (Å²) in [6, 6.07) is 8.58. The Kier molecular flexibility index (Phi) is 6.05. The molecule has 2 fully saturated rings. The van der Waals surface area contributed by atoms with Gasteiger partial charge < -0.3 is 5.32 Å². The average molecular weight is 452 g/mol. The molecule has 0 saturated heterocycles. The molecule has 31 heavy (non-hydrogen) atoms. The fraction of sp³-hybridized carbons (Fsp3) is 0.455. The van der Waals surface area contributed by atoms with Crippen molar-refractivity contribution in [3.63, 3.8) is 0 Å². The van der Waals surface area contributed by atoms with Crippen LogP contribution in [0, 0.1) is 11.7 Å². The van der Waals surface area contributed by atoms with Crippen molar-refractivity contribution < 1.29 is 26.4 Å². The number of nitrogens with one attached hydrogen (secondary N) is 1. The molecule has 0 radical (unpaired) electrons. The van der Waals surface area contributed by atoms with Gasteiger partial charge in [-0.1, -0.05) is 12.1 Å². The van der Waals surface area contributed by atoms with Crippen molar-refractivity contribution >= 4 is 21.6 Å². The van der Waals surface area contributed by atoms with Crippen molar-refractivity contribution in [1.82, 2.24) is 4.98 Å². The minimum absolute atomic E-state index is 0.0356. The van der Waals surface area contributed by atoms with Gasteiger partial charge in [0.05, 0.1) is 22.3 Å². The maximum absolute atomic E-state index is 13.7. The van der Waals surface area contributed by atoms with Crippen molar-refractivity contribution in [1.29, 1.82) is 0 Å². The Balaban J connectivity index is 1.56. The maximum atomic E-state index is 13.7. The van der Waals surface area contributed by atoms with Gasteiger partial charge in [0.15, 0.2) is 9.84 Å². The number of hydrogen-bond donors (Lipinski definition) is 1. The Bertz CT molecular complexity index is 1030. The van der Waals surface area contributed by atoms with Crippen molar-refractivity contribution in [2.45, 2.75) is 60.5 Å². The summed E-state index contributed by atoms with van der Waals surface area (Å²) in [5.74, 6) is -1.92. The number of amides is 1. The molecule has 2 aliphatic carbocycles. The molecule has 2 aromatic rings. The number of carbonyl (C=O) groups is 1. The second-order valence-electron chi connectivity index (χ2n) is 8.32. The van der Waals surface area contributed by atoms with Crippen LogP contribution in [0.3, 0.4) is 0 Å². The van der Waals surface area contributed by atoms with Gasteiger partial charge in [0.2, 0.25) is 5.91 Å². The minimum Gasteiger partial charge on any atom is -0.310 e. The number of carbonyl (C=O) groups excluding carboxylic acids is 1.